The lowest BCUT2D eigenvalue weighted by Gasteiger charge is -2.22. The van der Waals surface area contributed by atoms with Crippen molar-refractivity contribution in [2.75, 3.05) is 26.4 Å². The number of rotatable bonds is 4. The topological polar surface area (TPSA) is 111 Å². The van der Waals surface area contributed by atoms with E-state index in [1.807, 2.05) is 0 Å². The molecule has 0 bridgehead atoms. The summed E-state index contributed by atoms with van der Waals surface area (Å²) in [6.07, 6.45) is -0.200. The lowest BCUT2D eigenvalue weighted by molar-refractivity contribution is -0.0855. The molecule has 1 aromatic rings. The summed E-state index contributed by atoms with van der Waals surface area (Å²) in [5.41, 5.74) is -0.0795. The second kappa shape index (κ2) is 5.61. The van der Waals surface area contributed by atoms with Crippen molar-refractivity contribution < 1.29 is 28.7 Å². The number of hydrogen-bond acceptors (Lipinski definition) is 6. The summed E-state index contributed by atoms with van der Waals surface area (Å²) in [7, 11) is 0. The van der Waals surface area contributed by atoms with Gasteiger partial charge >= 0.3 is 5.97 Å². The molecule has 1 fully saturated rings. The summed E-state index contributed by atoms with van der Waals surface area (Å²) in [6, 6.07) is 1.07. The smallest absolute Gasteiger partial charge is 0.374 e. The van der Waals surface area contributed by atoms with Gasteiger partial charge in [0.1, 0.15) is 0 Å². The third-order valence-electron chi connectivity index (χ3n) is 2.33. The van der Waals surface area contributed by atoms with Crippen molar-refractivity contribution in [3.05, 3.63) is 17.5 Å². The van der Waals surface area contributed by atoms with Gasteiger partial charge in [-0.1, -0.05) is 5.16 Å². The van der Waals surface area contributed by atoms with Gasteiger partial charge in [0.15, 0.2) is 5.69 Å². The van der Waals surface area contributed by atoms with Crippen molar-refractivity contribution >= 4 is 11.9 Å². The van der Waals surface area contributed by atoms with Crippen LogP contribution in [0.4, 0.5) is 0 Å². The summed E-state index contributed by atoms with van der Waals surface area (Å²) >= 11 is 0. The number of nitrogens with zero attached hydrogens (tertiary/aromatic N) is 1. The lowest BCUT2D eigenvalue weighted by atomic mass is 10.3. The minimum absolute atomic E-state index is 0.0795. The summed E-state index contributed by atoms with van der Waals surface area (Å²) < 4.78 is 15.0. The molecule has 1 saturated heterocycles. The Morgan fingerprint density at radius 2 is 2.33 bits per heavy atom. The summed E-state index contributed by atoms with van der Waals surface area (Å²) in [4.78, 5) is 22.1. The first-order valence-corrected chi connectivity index (χ1v) is 5.34. The Labute approximate surface area is 102 Å². The van der Waals surface area contributed by atoms with Crippen LogP contribution in [-0.4, -0.2) is 54.6 Å². The SMILES string of the molecule is O=C(NCC1COCCO1)c1cc(C(=O)O)on1. The number of carbonyl (C=O) groups is 2. The number of amides is 1. The monoisotopic (exact) mass is 256 g/mol. The van der Waals surface area contributed by atoms with Crippen LogP contribution in [-0.2, 0) is 9.47 Å². The van der Waals surface area contributed by atoms with E-state index in [0.29, 0.717) is 19.8 Å². The van der Waals surface area contributed by atoms with Crippen LogP contribution in [0.5, 0.6) is 0 Å². The van der Waals surface area contributed by atoms with Gasteiger partial charge in [-0.2, -0.15) is 0 Å². The van der Waals surface area contributed by atoms with E-state index >= 15 is 0 Å². The average Bonchev–Trinajstić information content (AvgIpc) is 2.87. The maximum absolute atomic E-state index is 11.6. The van der Waals surface area contributed by atoms with E-state index in [9.17, 15) is 9.59 Å². The molecule has 2 N–H and O–H groups in total. The first-order chi connectivity index (χ1) is 8.66. The zero-order valence-electron chi connectivity index (χ0n) is 9.42. The van der Waals surface area contributed by atoms with Crippen molar-refractivity contribution in [2.24, 2.45) is 0 Å². The van der Waals surface area contributed by atoms with Crippen molar-refractivity contribution in [2.45, 2.75) is 6.10 Å². The average molecular weight is 256 g/mol. The molecule has 2 rings (SSSR count). The van der Waals surface area contributed by atoms with Gasteiger partial charge in [0.25, 0.3) is 5.91 Å². The predicted molar refractivity (Wildman–Crippen MR) is 56.4 cm³/mol. The number of hydrogen-bond donors (Lipinski definition) is 2. The molecule has 2 heterocycles. The fraction of sp³-hybridized carbons (Fsp3) is 0.500. The minimum Gasteiger partial charge on any atom is -0.475 e. The van der Waals surface area contributed by atoms with Gasteiger partial charge in [-0.15, -0.1) is 0 Å². The first-order valence-electron chi connectivity index (χ1n) is 5.34. The lowest BCUT2D eigenvalue weighted by Crippen LogP contribution is -2.39. The van der Waals surface area contributed by atoms with Gasteiger partial charge in [-0.3, -0.25) is 4.79 Å². The highest BCUT2D eigenvalue weighted by Gasteiger charge is 2.19. The molecule has 0 aliphatic carbocycles. The summed E-state index contributed by atoms with van der Waals surface area (Å²) in [5.74, 6) is -2.16. The second-order valence-electron chi connectivity index (χ2n) is 3.66. The Morgan fingerprint density at radius 3 is 2.94 bits per heavy atom. The first kappa shape index (κ1) is 12.5. The summed E-state index contributed by atoms with van der Waals surface area (Å²) in [5, 5.41) is 14.5. The maximum Gasteiger partial charge on any atom is 0.374 e. The van der Waals surface area contributed by atoms with Gasteiger partial charge in [0, 0.05) is 12.6 Å². The van der Waals surface area contributed by atoms with Crippen molar-refractivity contribution in [3.63, 3.8) is 0 Å². The number of nitrogens with one attached hydrogen (secondary N) is 1. The number of carboxylic acids is 1. The highest BCUT2D eigenvalue weighted by molar-refractivity contribution is 5.94. The van der Waals surface area contributed by atoms with Crippen LogP contribution < -0.4 is 5.32 Å². The van der Waals surface area contributed by atoms with E-state index in [2.05, 4.69) is 15.0 Å². The molecule has 0 spiro atoms. The fourth-order valence-corrected chi connectivity index (χ4v) is 1.43. The molecule has 0 radical (unpaired) electrons. The number of aromatic carboxylic acids is 1. The van der Waals surface area contributed by atoms with Crippen LogP contribution in [0.3, 0.4) is 0 Å². The molecule has 8 nitrogen and oxygen atoms in total. The molecular weight excluding hydrogens is 244 g/mol. The van der Waals surface area contributed by atoms with Crippen LogP contribution in [0.25, 0.3) is 0 Å². The van der Waals surface area contributed by atoms with Crippen molar-refractivity contribution in [3.8, 4) is 0 Å². The van der Waals surface area contributed by atoms with Gasteiger partial charge in [-0.05, 0) is 0 Å². The van der Waals surface area contributed by atoms with Crippen LogP contribution in [0.2, 0.25) is 0 Å². The molecule has 1 atom stereocenters. The molecule has 1 aliphatic rings. The molecule has 8 heteroatoms. The number of aromatic nitrogens is 1. The predicted octanol–water partition coefficient (Wildman–Crippen LogP) is -0.482. The van der Waals surface area contributed by atoms with Crippen LogP contribution in [0, 0.1) is 0 Å². The fourth-order valence-electron chi connectivity index (χ4n) is 1.43. The van der Waals surface area contributed by atoms with Gasteiger partial charge in [0.05, 0.1) is 25.9 Å². The zero-order valence-corrected chi connectivity index (χ0v) is 9.42. The molecule has 1 aromatic heterocycles. The second-order valence-corrected chi connectivity index (χ2v) is 3.66. The van der Waals surface area contributed by atoms with E-state index in [4.69, 9.17) is 14.6 Å². The minimum atomic E-state index is -1.27. The largest absolute Gasteiger partial charge is 0.475 e. The van der Waals surface area contributed by atoms with E-state index in [0.717, 1.165) is 6.07 Å². The van der Waals surface area contributed by atoms with E-state index in [1.165, 1.54) is 0 Å². The molecule has 98 valence electrons. The van der Waals surface area contributed by atoms with E-state index in [1.54, 1.807) is 0 Å². The highest BCUT2D eigenvalue weighted by atomic mass is 16.6. The molecule has 1 aliphatic heterocycles. The third kappa shape index (κ3) is 3.05. The molecule has 1 unspecified atom stereocenters. The molecule has 0 saturated carbocycles. The van der Waals surface area contributed by atoms with Crippen molar-refractivity contribution in [1.82, 2.24) is 10.5 Å². The van der Waals surface area contributed by atoms with Crippen LogP contribution >= 0.6 is 0 Å². The maximum atomic E-state index is 11.6. The van der Waals surface area contributed by atoms with Gasteiger partial charge in [-0.25, -0.2) is 4.79 Å². The summed E-state index contributed by atoms with van der Waals surface area (Å²) in [6.45, 7) is 1.73. The standard InChI is InChI=1S/C10H12N2O6/c13-9(7-3-8(10(14)15)18-12-7)11-4-6-5-16-1-2-17-6/h3,6H,1-2,4-5H2,(H,11,13)(H,14,15). The number of carboxylic acid groups (broad SMARTS) is 1. The number of carbonyl (C=O) groups excluding carboxylic acids is 1. The molecule has 0 aromatic carbocycles. The van der Waals surface area contributed by atoms with E-state index < -0.39 is 11.9 Å². The zero-order chi connectivity index (χ0) is 13.0. The van der Waals surface area contributed by atoms with Gasteiger partial charge < -0.3 is 24.4 Å². The van der Waals surface area contributed by atoms with Crippen molar-refractivity contribution in [1.29, 1.82) is 0 Å². The van der Waals surface area contributed by atoms with Gasteiger partial charge in [0.2, 0.25) is 5.76 Å². The number of ether oxygens (including phenoxy) is 2. The molecule has 18 heavy (non-hydrogen) atoms. The molecule has 1 amide bonds. The van der Waals surface area contributed by atoms with Crippen LogP contribution in [0.1, 0.15) is 21.0 Å². The Morgan fingerprint density at radius 1 is 1.50 bits per heavy atom. The Kier molecular flexibility index (Phi) is 3.90. The normalized spacial score (nSPS) is 19.4. The quantitative estimate of drug-likeness (QED) is 0.748. The van der Waals surface area contributed by atoms with Crippen LogP contribution in [0.15, 0.2) is 10.6 Å². The Hall–Kier alpha value is -1.93. The Balaban J connectivity index is 1.84. The Bertz CT molecular complexity index is 437. The van der Waals surface area contributed by atoms with E-state index in [-0.39, 0.29) is 24.1 Å². The molecular formula is C10H12N2O6. The third-order valence-corrected chi connectivity index (χ3v) is 2.33. The highest BCUT2D eigenvalue weighted by Crippen LogP contribution is 2.04.